The molecule has 0 amide bonds. The van der Waals surface area contributed by atoms with Crippen molar-refractivity contribution in [1.29, 1.82) is 0 Å². The summed E-state index contributed by atoms with van der Waals surface area (Å²) in [5.74, 6) is -0.390. The lowest BCUT2D eigenvalue weighted by molar-refractivity contribution is -0.137. The number of carbonyl (C=O) groups excluding carboxylic acids is 2. The summed E-state index contributed by atoms with van der Waals surface area (Å²) >= 11 is 0. The van der Waals surface area contributed by atoms with Crippen LogP contribution in [0.15, 0.2) is 0 Å². The summed E-state index contributed by atoms with van der Waals surface area (Å²) in [5, 5.41) is 0. The van der Waals surface area contributed by atoms with E-state index in [-0.39, 0.29) is 17.6 Å². The van der Waals surface area contributed by atoms with Gasteiger partial charge < -0.3 is 4.74 Å². The maximum Gasteiger partial charge on any atom is 0.215 e. The summed E-state index contributed by atoms with van der Waals surface area (Å²) in [4.78, 5) is 24.5. The number of morpholine rings is 1. The molecule has 13 heavy (non-hydrogen) atoms. The first-order valence-corrected chi connectivity index (χ1v) is 4.68. The predicted molar refractivity (Wildman–Crippen MR) is 45.4 cm³/mol. The first kappa shape index (κ1) is 8.84. The van der Waals surface area contributed by atoms with Gasteiger partial charge in [-0.3, -0.25) is 14.5 Å². The smallest absolute Gasteiger partial charge is 0.215 e. The molecule has 1 unspecified atom stereocenters. The molecule has 4 heteroatoms. The van der Waals surface area contributed by atoms with E-state index in [0.29, 0.717) is 26.1 Å². The molecule has 0 aromatic rings. The van der Waals surface area contributed by atoms with Crippen molar-refractivity contribution in [2.75, 3.05) is 26.3 Å². The van der Waals surface area contributed by atoms with Crippen molar-refractivity contribution in [3.05, 3.63) is 0 Å². The second-order valence-electron chi connectivity index (χ2n) is 3.49. The SMILES string of the molecule is O=C1CCC(N2CCOCC2)C1=O. The van der Waals surface area contributed by atoms with Gasteiger partial charge in [-0.1, -0.05) is 0 Å². The van der Waals surface area contributed by atoms with Crippen LogP contribution in [0, 0.1) is 0 Å². The summed E-state index contributed by atoms with van der Waals surface area (Å²) in [6.45, 7) is 2.92. The van der Waals surface area contributed by atoms with Crippen molar-refractivity contribution in [2.45, 2.75) is 18.9 Å². The van der Waals surface area contributed by atoms with E-state index >= 15 is 0 Å². The maximum atomic E-state index is 11.4. The Bertz CT molecular complexity index is 233. The number of ketones is 2. The van der Waals surface area contributed by atoms with Crippen LogP contribution in [-0.4, -0.2) is 48.8 Å². The van der Waals surface area contributed by atoms with Crippen LogP contribution in [-0.2, 0) is 14.3 Å². The van der Waals surface area contributed by atoms with Crippen molar-refractivity contribution in [1.82, 2.24) is 4.90 Å². The van der Waals surface area contributed by atoms with E-state index < -0.39 is 0 Å². The fraction of sp³-hybridized carbons (Fsp3) is 0.778. The number of rotatable bonds is 1. The lowest BCUT2D eigenvalue weighted by atomic mass is 10.2. The lowest BCUT2D eigenvalue weighted by Crippen LogP contribution is -2.46. The van der Waals surface area contributed by atoms with Crippen LogP contribution >= 0.6 is 0 Å². The van der Waals surface area contributed by atoms with Crippen LogP contribution in [0.1, 0.15) is 12.8 Å². The number of ether oxygens (including phenoxy) is 1. The monoisotopic (exact) mass is 183 g/mol. The minimum Gasteiger partial charge on any atom is -0.379 e. The Morgan fingerprint density at radius 2 is 1.92 bits per heavy atom. The highest BCUT2D eigenvalue weighted by molar-refractivity contribution is 6.41. The molecule has 1 heterocycles. The fourth-order valence-corrected chi connectivity index (χ4v) is 1.95. The summed E-state index contributed by atoms with van der Waals surface area (Å²) in [6.07, 6.45) is 1.14. The van der Waals surface area contributed by atoms with Crippen molar-refractivity contribution >= 4 is 11.6 Å². The number of hydrogen-bond donors (Lipinski definition) is 0. The average Bonchev–Trinajstić information content (AvgIpc) is 2.49. The number of Topliss-reactive ketones (excluding diaryl/α,β-unsaturated/α-hetero) is 2. The lowest BCUT2D eigenvalue weighted by Gasteiger charge is -2.30. The van der Waals surface area contributed by atoms with Gasteiger partial charge in [-0.05, 0) is 6.42 Å². The van der Waals surface area contributed by atoms with Crippen LogP contribution in [0.3, 0.4) is 0 Å². The third-order valence-corrected chi connectivity index (χ3v) is 2.71. The van der Waals surface area contributed by atoms with E-state index in [1.807, 2.05) is 0 Å². The maximum absolute atomic E-state index is 11.4. The third kappa shape index (κ3) is 1.64. The predicted octanol–water partition coefficient (Wildman–Crippen LogP) is -0.381. The van der Waals surface area contributed by atoms with Gasteiger partial charge in [0.05, 0.1) is 19.3 Å². The summed E-state index contributed by atoms with van der Waals surface area (Å²) in [5.41, 5.74) is 0. The highest BCUT2D eigenvalue weighted by atomic mass is 16.5. The van der Waals surface area contributed by atoms with Crippen LogP contribution in [0.5, 0.6) is 0 Å². The second kappa shape index (κ2) is 3.55. The zero-order chi connectivity index (χ0) is 9.26. The molecule has 1 atom stereocenters. The van der Waals surface area contributed by atoms with E-state index in [0.717, 1.165) is 13.1 Å². The molecule has 1 aliphatic heterocycles. The Morgan fingerprint density at radius 1 is 1.23 bits per heavy atom. The minimum atomic E-state index is -0.198. The quantitative estimate of drug-likeness (QED) is 0.520. The van der Waals surface area contributed by atoms with Crippen molar-refractivity contribution in [2.24, 2.45) is 0 Å². The zero-order valence-corrected chi connectivity index (χ0v) is 7.49. The van der Waals surface area contributed by atoms with E-state index in [2.05, 4.69) is 4.90 Å². The zero-order valence-electron chi connectivity index (χ0n) is 7.49. The Labute approximate surface area is 76.8 Å². The first-order valence-electron chi connectivity index (χ1n) is 4.68. The molecular weight excluding hydrogens is 170 g/mol. The summed E-state index contributed by atoms with van der Waals surface area (Å²) in [6, 6.07) is -0.142. The molecule has 2 aliphatic rings. The largest absolute Gasteiger partial charge is 0.379 e. The standard InChI is InChI=1S/C9H13NO3/c11-8-2-1-7(9(8)12)10-3-5-13-6-4-10/h7H,1-6H2. The second-order valence-corrected chi connectivity index (χ2v) is 3.49. The number of nitrogens with zero attached hydrogens (tertiary/aromatic N) is 1. The van der Waals surface area contributed by atoms with E-state index in [1.165, 1.54) is 0 Å². The van der Waals surface area contributed by atoms with Gasteiger partial charge >= 0.3 is 0 Å². The van der Waals surface area contributed by atoms with Gasteiger partial charge in [-0.15, -0.1) is 0 Å². The Hall–Kier alpha value is -0.740. The van der Waals surface area contributed by atoms with Crippen LogP contribution in [0.4, 0.5) is 0 Å². The first-order chi connectivity index (χ1) is 6.29. The van der Waals surface area contributed by atoms with E-state index in [9.17, 15) is 9.59 Å². The molecule has 1 saturated heterocycles. The molecular formula is C9H13NO3. The van der Waals surface area contributed by atoms with Gasteiger partial charge in [0.2, 0.25) is 5.78 Å². The molecule has 0 N–H and O–H groups in total. The van der Waals surface area contributed by atoms with Crippen molar-refractivity contribution in [3.8, 4) is 0 Å². The van der Waals surface area contributed by atoms with Crippen molar-refractivity contribution in [3.63, 3.8) is 0 Å². The number of carbonyl (C=O) groups is 2. The molecule has 0 radical (unpaired) electrons. The third-order valence-electron chi connectivity index (χ3n) is 2.71. The summed E-state index contributed by atoms with van der Waals surface area (Å²) in [7, 11) is 0. The molecule has 1 aliphatic carbocycles. The van der Waals surface area contributed by atoms with Gasteiger partial charge in [0.15, 0.2) is 5.78 Å². The Kier molecular flexibility index (Phi) is 2.42. The van der Waals surface area contributed by atoms with Gasteiger partial charge in [0.25, 0.3) is 0 Å². The average molecular weight is 183 g/mol. The number of hydrogen-bond acceptors (Lipinski definition) is 4. The van der Waals surface area contributed by atoms with Gasteiger partial charge in [0, 0.05) is 19.5 Å². The van der Waals surface area contributed by atoms with E-state index in [1.54, 1.807) is 0 Å². The molecule has 0 aromatic carbocycles. The molecule has 0 spiro atoms. The molecule has 0 bridgehead atoms. The topological polar surface area (TPSA) is 46.6 Å². The summed E-state index contributed by atoms with van der Waals surface area (Å²) < 4.78 is 5.18. The highest BCUT2D eigenvalue weighted by Gasteiger charge is 2.36. The van der Waals surface area contributed by atoms with Crippen LogP contribution in [0.2, 0.25) is 0 Å². The van der Waals surface area contributed by atoms with Gasteiger partial charge in [0.1, 0.15) is 0 Å². The molecule has 72 valence electrons. The Balaban J connectivity index is 2.00. The molecule has 2 fully saturated rings. The molecule has 4 nitrogen and oxygen atoms in total. The molecule has 2 rings (SSSR count). The minimum absolute atomic E-state index is 0.142. The fourth-order valence-electron chi connectivity index (χ4n) is 1.95. The molecule has 1 saturated carbocycles. The van der Waals surface area contributed by atoms with Gasteiger partial charge in [-0.25, -0.2) is 0 Å². The van der Waals surface area contributed by atoms with Crippen LogP contribution < -0.4 is 0 Å². The Morgan fingerprint density at radius 3 is 2.46 bits per heavy atom. The van der Waals surface area contributed by atoms with Crippen molar-refractivity contribution < 1.29 is 14.3 Å². The molecule has 0 aromatic heterocycles. The highest BCUT2D eigenvalue weighted by Crippen LogP contribution is 2.18. The van der Waals surface area contributed by atoms with Gasteiger partial charge in [-0.2, -0.15) is 0 Å². The normalized spacial score (nSPS) is 31.2. The van der Waals surface area contributed by atoms with Crippen LogP contribution in [0.25, 0.3) is 0 Å². The van der Waals surface area contributed by atoms with E-state index in [4.69, 9.17) is 4.74 Å².